The van der Waals surface area contributed by atoms with E-state index in [0.29, 0.717) is 11.1 Å². The van der Waals surface area contributed by atoms with Crippen LogP contribution in [0.2, 0.25) is 0 Å². The monoisotopic (exact) mass is 500 g/mol. The number of fused-ring (bicyclic) bond motifs is 1. The van der Waals surface area contributed by atoms with Crippen molar-refractivity contribution in [3.8, 4) is 17.5 Å². The zero-order valence-corrected chi connectivity index (χ0v) is 19.1. The van der Waals surface area contributed by atoms with Crippen molar-refractivity contribution in [2.75, 3.05) is 33.2 Å². The summed E-state index contributed by atoms with van der Waals surface area (Å²) in [6.07, 6.45) is -2.20. The number of carbonyl (C=O) groups is 1. The number of nitrogens with zero attached hydrogens (tertiary/aromatic N) is 6. The molecule has 0 N–H and O–H groups in total. The summed E-state index contributed by atoms with van der Waals surface area (Å²) in [7, 11) is 1.98. The van der Waals surface area contributed by atoms with Gasteiger partial charge in [-0.1, -0.05) is 18.4 Å². The van der Waals surface area contributed by atoms with Gasteiger partial charge in [0.15, 0.2) is 11.5 Å². The molecule has 0 radical (unpaired) electrons. The van der Waals surface area contributed by atoms with E-state index < -0.39 is 35.3 Å². The number of hydrogen-bond donors (Lipinski definition) is 0. The van der Waals surface area contributed by atoms with Crippen LogP contribution in [0.4, 0.5) is 17.6 Å². The van der Waals surface area contributed by atoms with E-state index in [9.17, 15) is 27.2 Å². The Morgan fingerprint density at radius 1 is 1.14 bits per heavy atom. The average molecular weight is 500 g/mol. The molecule has 5 rings (SSSR count). The first-order chi connectivity index (χ1) is 17.0. The fourth-order valence-corrected chi connectivity index (χ4v) is 4.42. The molecule has 0 atom stereocenters. The molecule has 3 aromatic heterocycles. The maximum Gasteiger partial charge on any atom is 0.433 e. The second kappa shape index (κ2) is 8.60. The minimum absolute atomic E-state index is 0.0568. The summed E-state index contributed by atoms with van der Waals surface area (Å²) in [6.45, 7) is 4.77. The number of alkyl halides is 3. The Morgan fingerprint density at radius 2 is 1.86 bits per heavy atom. The molecule has 8 nitrogen and oxygen atoms in total. The average Bonchev–Trinajstić information content (AvgIpc) is 3.06. The third kappa shape index (κ3) is 4.05. The van der Waals surface area contributed by atoms with Crippen LogP contribution in [0.3, 0.4) is 0 Å². The highest BCUT2D eigenvalue weighted by atomic mass is 19.4. The van der Waals surface area contributed by atoms with Gasteiger partial charge in [0.1, 0.15) is 11.2 Å². The largest absolute Gasteiger partial charge is 0.433 e. The minimum Gasteiger partial charge on any atom is -0.332 e. The van der Waals surface area contributed by atoms with Crippen molar-refractivity contribution in [1.29, 1.82) is 0 Å². The van der Waals surface area contributed by atoms with Gasteiger partial charge in [0.05, 0.1) is 23.5 Å². The van der Waals surface area contributed by atoms with E-state index >= 15 is 0 Å². The lowest BCUT2D eigenvalue weighted by atomic mass is 10.0. The molecule has 12 heteroatoms. The Morgan fingerprint density at radius 3 is 2.44 bits per heavy atom. The summed E-state index contributed by atoms with van der Waals surface area (Å²) < 4.78 is 54.9. The molecular formula is C24H20F4N6O2. The third-order valence-electron chi connectivity index (χ3n) is 6.27. The zero-order chi connectivity index (χ0) is 25.8. The summed E-state index contributed by atoms with van der Waals surface area (Å²) >= 11 is 0. The molecule has 0 aliphatic carbocycles. The van der Waals surface area contributed by atoms with E-state index in [-0.39, 0.29) is 30.3 Å². The Hall–Kier alpha value is -3.98. The van der Waals surface area contributed by atoms with Gasteiger partial charge < -0.3 is 9.80 Å². The molecule has 0 aromatic carbocycles. The van der Waals surface area contributed by atoms with Gasteiger partial charge in [0, 0.05) is 38.3 Å². The van der Waals surface area contributed by atoms with Crippen LogP contribution in [0, 0.1) is 17.8 Å². The summed E-state index contributed by atoms with van der Waals surface area (Å²) in [5.74, 6) is 4.52. The number of carbonyl (C=O) groups excluding carboxylic acids is 1. The van der Waals surface area contributed by atoms with Crippen molar-refractivity contribution >= 4 is 17.1 Å². The van der Waals surface area contributed by atoms with E-state index in [1.165, 1.54) is 20.2 Å². The highest BCUT2D eigenvalue weighted by Gasteiger charge is 2.37. The Labute approximate surface area is 202 Å². The third-order valence-corrected chi connectivity index (χ3v) is 6.27. The summed E-state index contributed by atoms with van der Waals surface area (Å²) in [4.78, 5) is 36.6. The molecule has 1 amide bonds. The quantitative estimate of drug-likeness (QED) is 0.314. The molecule has 0 saturated carbocycles. The number of rotatable bonds is 3. The second-order valence-corrected chi connectivity index (χ2v) is 8.87. The van der Waals surface area contributed by atoms with E-state index in [2.05, 4.69) is 33.3 Å². The highest BCUT2D eigenvalue weighted by Crippen LogP contribution is 2.30. The van der Waals surface area contributed by atoms with Gasteiger partial charge in [-0.3, -0.25) is 9.36 Å². The SMILES string of the molecule is C=C(F)C(=O)N1CC(n2c(=O)n(-c3ccc(C(F)(F)F)nc3)c3nccc(C#CC4CN(C)C4)c32)C1. The molecule has 36 heavy (non-hydrogen) atoms. The van der Waals surface area contributed by atoms with Crippen LogP contribution in [0.1, 0.15) is 17.3 Å². The maximum absolute atomic E-state index is 13.6. The van der Waals surface area contributed by atoms with Crippen molar-refractivity contribution in [1.82, 2.24) is 28.9 Å². The fraction of sp³-hybridized carbons (Fsp3) is 0.333. The van der Waals surface area contributed by atoms with Crippen molar-refractivity contribution in [2.45, 2.75) is 12.2 Å². The molecule has 2 fully saturated rings. The van der Waals surface area contributed by atoms with Crippen molar-refractivity contribution in [3.05, 3.63) is 64.7 Å². The van der Waals surface area contributed by atoms with Crippen LogP contribution in [-0.4, -0.2) is 68.0 Å². The topological polar surface area (TPSA) is 76.3 Å². The van der Waals surface area contributed by atoms with Gasteiger partial charge in [-0.05, 0) is 25.2 Å². The molecule has 0 bridgehead atoms. The lowest BCUT2D eigenvalue weighted by molar-refractivity contribution is -0.141. The molecule has 186 valence electrons. The molecule has 5 heterocycles. The first kappa shape index (κ1) is 23.7. The number of halogens is 4. The van der Waals surface area contributed by atoms with Crippen LogP contribution < -0.4 is 5.69 Å². The van der Waals surface area contributed by atoms with Crippen molar-refractivity contribution in [3.63, 3.8) is 0 Å². The van der Waals surface area contributed by atoms with Crippen molar-refractivity contribution < 1.29 is 22.4 Å². The smallest absolute Gasteiger partial charge is 0.332 e. The Kier molecular flexibility index (Phi) is 5.67. The van der Waals surface area contributed by atoms with Gasteiger partial charge in [-0.25, -0.2) is 23.7 Å². The predicted octanol–water partition coefficient (Wildman–Crippen LogP) is 2.38. The van der Waals surface area contributed by atoms with Crippen LogP contribution in [0.5, 0.6) is 0 Å². The number of pyridine rings is 2. The molecule has 3 aromatic rings. The second-order valence-electron chi connectivity index (χ2n) is 8.87. The van der Waals surface area contributed by atoms with E-state index in [0.717, 1.165) is 31.4 Å². The van der Waals surface area contributed by atoms with Gasteiger partial charge in [-0.2, -0.15) is 13.2 Å². The predicted molar refractivity (Wildman–Crippen MR) is 122 cm³/mol. The van der Waals surface area contributed by atoms with Gasteiger partial charge >= 0.3 is 11.9 Å². The van der Waals surface area contributed by atoms with Crippen LogP contribution in [-0.2, 0) is 11.0 Å². The molecule has 2 aliphatic heterocycles. The number of amides is 1. The molecule has 0 unspecified atom stereocenters. The van der Waals surface area contributed by atoms with E-state index in [1.54, 1.807) is 6.07 Å². The summed E-state index contributed by atoms with van der Waals surface area (Å²) in [5, 5.41) is 0. The lowest BCUT2D eigenvalue weighted by Crippen LogP contribution is -2.52. The molecule has 2 aliphatic rings. The molecular weight excluding hydrogens is 480 g/mol. The normalized spacial score (nSPS) is 16.9. The zero-order valence-electron chi connectivity index (χ0n) is 19.1. The standard InChI is InChI=1S/C24H20F4N6O2/c1-14(25)22(35)32-12-18(13-32)33-20-16(4-3-15-10-31(2)11-15)7-8-29-21(20)34(23(33)36)17-5-6-19(30-9-17)24(26,27)28/h5-9,15,18H,1,10-13H2,2H3. The van der Waals surface area contributed by atoms with Crippen LogP contribution in [0.15, 0.2) is 47.8 Å². The number of hydrogen-bond acceptors (Lipinski definition) is 5. The number of aromatic nitrogens is 4. The van der Waals surface area contributed by atoms with Crippen molar-refractivity contribution in [2.24, 2.45) is 5.92 Å². The number of imidazole rings is 1. The molecule has 2 saturated heterocycles. The van der Waals surface area contributed by atoms with E-state index in [1.807, 2.05) is 7.05 Å². The van der Waals surface area contributed by atoms with Gasteiger partial charge in [0.25, 0.3) is 5.91 Å². The van der Waals surface area contributed by atoms with E-state index in [4.69, 9.17) is 0 Å². The molecule has 0 spiro atoms. The first-order valence-electron chi connectivity index (χ1n) is 11.0. The van der Waals surface area contributed by atoms with Gasteiger partial charge in [0.2, 0.25) is 0 Å². The lowest BCUT2D eigenvalue weighted by Gasteiger charge is -2.39. The fourth-order valence-electron chi connectivity index (χ4n) is 4.42. The van der Waals surface area contributed by atoms with Gasteiger partial charge in [-0.15, -0.1) is 0 Å². The Bertz CT molecular complexity index is 1480. The summed E-state index contributed by atoms with van der Waals surface area (Å²) in [6, 6.07) is 3.09. The highest BCUT2D eigenvalue weighted by molar-refractivity contribution is 5.91. The first-order valence-corrected chi connectivity index (χ1v) is 11.0. The van der Waals surface area contributed by atoms with Crippen LogP contribution in [0.25, 0.3) is 16.9 Å². The summed E-state index contributed by atoms with van der Waals surface area (Å²) in [5.41, 5.74) is -0.470. The minimum atomic E-state index is -4.63. The number of likely N-dealkylation sites (tertiary alicyclic amines) is 2. The maximum atomic E-state index is 13.6. The van der Waals surface area contributed by atoms with Crippen LogP contribution >= 0.6 is 0 Å². The Balaban J connectivity index is 1.62.